The molecule has 28 heavy (non-hydrogen) atoms. The zero-order chi connectivity index (χ0) is 19.4. The summed E-state index contributed by atoms with van der Waals surface area (Å²) in [5.74, 6) is 1.37. The van der Waals surface area contributed by atoms with E-state index in [2.05, 4.69) is 0 Å². The third-order valence-corrected chi connectivity index (χ3v) is 9.13. The second-order valence-electron chi connectivity index (χ2n) is 7.29. The lowest BCUT2D eigenvalue weighted by Crippen LogP contribution is -2.45. The highest BCUT2D eigenvalue weighted by atomic mass is 35.5. The van der Waals surface area contributed by atoms with Gasteiger partial charge in [0, 0.05) is 45.2 Å². The fraction of sp³-hybridized carbons (Fsp3) is 0.273. The van der Waals surface area contributed by atoms with Crippen LogP contribution >= 0.6 is 46.7 Å². The van der Waals surface area contributed by atoms with Crippen LogP contribution < -0.4 is 0 Å². The normalized spacial score (nSPS) is 29.2. The Morgan fingerprint density at radius 3 is 1.43 bits per heavy atom. The summed E-state index contributed by atoms with van der Waals surface area (Å²) >= 11 is 15.4. The summed E-state index contributed by atoms with van der Waals surface area (Å²) in [6.45, 7) is 0. The van der Waals surface area contributed by atoms with Gasteiger partial charge in [0.15, 0.2) is 11.6 Å². The maximum Gasteiger partial charge on any atom is 0.172 e. The molecule has 5 rings (SSSR count). The predicted molar refractivity (Wildman–Crippen MR) is 117 cm³/mol. The highest BCUT2D eigenvalue weighted by Gasteiger charge is 2.64. The lowest BCUT2D eigenvalue weighted by molar-refractivity contribution is -0.127. The van der Waals surface area contributed by atoms with Crippen LogP contribution in [0.2, 0.25) is 10.0 Å². The monoisotopic (exact) mass is 446 g/mol. The number of allylic oxidation sites excluding steroid dienone is 1. The van der Waals surface area contributed by atoms with Gasteiger partial charge in [-0.15, -0.1) is 23.5 Å². The molecule has 1 heterocycles. The van der Waals surface area contributed by atoms with E-state index in [1.165, 1.54) is 0 Å². The molecule has 0 radical (unpaired) electrons. The molecule has 3 fully saturated rings. The van der Waals surface area contributed by atoms with Crippen molar-refractivity contribution >= 4 is 58.3 Å². The van der Waals surface area contributed by atoms with E-state index in [1.807, 2.05) is 48.5 Å². The van der Waals surface area contributed by atoms with Crippen LogP contribution in [-0.2, 0) is 9.59 Å². The van der Waals surface area contributed by atoms with Gasteiger partial charge in [-0.05, 0) is 35.4 Å². The molecule has 1 saturated heterocycles. The number of Topliss-reactive ketones (excluding diaryl/α,β-unsaturated/α-hetero) is 2. The molecule has 3 aliphatic rings. The molecule has 0 aromatic heterocycles. The van der Waals surface area contributed by atoms with Crippen LogP contribution in [0.15, 0.2) is 58.3 Å². The fourth-order valence-corrected chi connectivity index (χ4v) is 7.52. The third-order valence-electron chi connectivity index (χ3n) is 5.91. The number of benzene rings is 2. The van der Waals surface area contributed by atoms with Crippen molar-refractivity contribution in [1.82, 2.24) is 0 Å². The zero-order valence-electron chi connectivity index (χ0n) is 14.7. The number of hydrogen-bond acceptors (Lipinski definition) is 4. The quantitative estimate of drug-likeness (QED) is 0.421. The number of rotatable bonds is 2. The average molecular weight is 447 g/mol. The molecule has 6 heteroatoms. The number of carbonyl (C=O) groups is 2. The summed E-state index contributed by atoms with van der Waals surface area (Å²) in [6.07, 6.45) is 0. The highest BCUT2D eigenvalue weighted by Crippen LogP contribution is 2.63. The summed E-state index contributed by atoms with van der Waals surface area (Å²) in [5, 5.41) is 1.33. The van der Waals surface area contributed by atoms with E-state index >= 15 is 0 Å². The smallest absolute Gasteiger partial charge is 0.172 e. The Hall–Kier alpha value is -1.20. The molecule has 0 N–H and O–H groups in total. The molecule has 2 saturated carbocycles. The Kier molecular flexibility index (Phi) is 4.87. The molecule has 2 aliphatic carbocycles. The zero-order valence-corrected chi connectivity index (χ0v) is 17.9. The molecule has 2 aromatic carbocycles. The van der Waals surface area contributed by atoms with Crippen LogP contribution in [0.4, 0.5) is 0 Å². The Bertz CT molecular complexity index is 919. The van der Waals surface area contributed by atoms with Crippen molar-refractivity contribution in [2.24, 2.45) is 11.8 Å². The summed E-state index contributed by atoms with van der Waals surface area (Å²) in [7, 11) is 0. The summed E-state index contributed by atoms with van der Waals surface area (Å²) in [4.78, 5) is 26.6. The van der Waals surface area contributed by atoms with Crippen LogP contribution in [-0.4, -0.2) is 23.1 Å². The molecule has 2 nitrogen and oxygen atoms in total. The number of thioether (sulfide) groups is 2. The van der Waals surface area contributed by atoms with Crippen molar-refractivity contribution in [3.8, 4) is 0 Å². The van der Waals surface area contributed by atoms with Gasteiger partial charge >= 0.3 is 0 Å². The first-order valence-electron chi connectivity index (χ1n) is 9.15. The van der Waals surface area contributed by atoms with E-state index < -0.39 is 0 Å². The largest absolute Gasteiger partial charge is 0.294 e. The first kappa shape index (κ1) is 18.8. The number of fused-ring (bicyclic) bond motifs is 1. The van der Waals surface area contributed by atoms with E-state index in [0.29, 0.717) is 15.6 Å². The summed E-state index contributed by atoms with van der Waals surface area (Å²) in [5.41, 5.74) is 2.58. The minimum atomic E-state index is -0.279. The molecule has 0 spiro atoms. The van der Waals surface area contributed by atoms with Gasteiger partial charge in [-0.1, -0.05) is 47.5 Å². The lowest BCUT2D eigenvalue weighted by Gasteiger charge is -2.47. The topological polar surface area (TPSA) is 34.1 Å². The summed E-state index contributed by atoms with van der Waals surface area (Å²) in [6, 6.07) is 15.3. The third kappa shape index (κ3) is 2.88. The van der Waals surface area contributed by atoms with Crippen molar-refractivity contribution < 1.29 is 9.59 Å². The minimum absolute atomic E-state index is 0.0191. The maximum absolute atomic E-state index is 13.3. The number of halogens is 2. The van der Waals surface area contributed by atoms with E-state index in [-0.39, 0.29) is 35.2 Å². The first-order valence-corrected chi connectivity index (χ1v) is 11.9. The average Bonchev–Trinajstić information content (AvgIpc) is 3.24. The van der Waals surface area contributed by atoms with Crippen LogP contribution in [0.25, 0.3) is 0 Å². The molecule has 0 unspecified atom stereocenters. The molecule has 0 amide bonds. The molecular formula is C22H16Cl2O2S2. The lowest BCUT2D eigenvalue weighted by atomic mass is 9.53. The molecular weight excluding hydrogens is 431 g/mol. The molecule has 0 bridgehead atoms. The minimum Gasteiger partial charge on any atom is -0.294 e. The number of hydrogen-bond donors (Lipinski definition) is 0. The van der Waals surface area contributed by atoms with Crippen LogP contribution in [0.3, 0.4) is 0 Å². The summed E-state index contributed by atoms with van der Waals surface area (Å²) < 4.78 is 0.925. The first-order chi connectivity index (χ1) is 13.6. The van der Waals surface area contributed by atoms with Crippen LogP contribution in [0.1, 0.15) is 23.0 Å². The van der Waals surface area contributed by atoms with E-state index in [9.17, 15) is 9.59 Å². The van der Waals surface area contributed by atoms with Gasteiger partial charge in [-0.3, -0.25) is 9.59 Å². The highest BCUT2D eigenvalue weighted by molar-refractivity contribution is 8.25. The van der Waals surface area contributed by atoms with Crippen molar-refractivity contribution in [3.05, 3.63) is 79.5 Å². The molecule has 1 aliphatic heterocycles. The van der Waals surface area contributed by atoms with Gasteiger partial charge in [0.2, 0.25) is 0 Å². The number of carbonyl (C=O) groups excluding carboxylic acids is 2. The van der Waals surface area contributed by atoms with E-state index in [1.54, 1.807) is 23.5 Å². The SMILES string of the molecule is O=C1C(=C2SCCS2)C(=O)[C@H]2[C@@H]1[C@H](c1ccc(Cl)cc1)[C@@H]2c1ccc(Cl)cc1. The van der Waals surface area contributed by atoms with Crippen LogP contribution in [0, 0.1) is 11.8 Å². The fourth-order valence-electron chi connectivity index (χ4n) is 4.71. The van der Waals surface area contributed by atoms with Gasteiger partial charge in [0.25, 0.3) is 0 Å². The second kappa shape index (κ2) is 7.24. The second-order valence-corrected chi connectivity index (χ2v) is 10.6. The van der Waals surface area contributed by atoms with Gasteiger partial charge in [0.1, 0.15) is 0 Å². The standard InChI is InChI=1S/C22H16Cl2O2S2/c23-13-5-1-11(2-6-13)15-16(12-3-7-14(24)8-4-12)18-17(15)20(25)19(21(18)26)22-27-9-10-28-22/h1-8,15-18H,9-10H2/t15-,16+,17+,18-. The van der Waals surface area contributed by atoms with E-state index in [0.717, 1.165) is 26.9 Å². The molecule has 142 valence electrons. The van der Waals surface area contributed by atoms with Gasteiger partial charge < -0.3 is 0 Å². The van der Waals surface area contributed by atoms with Crippen molar-refractivity contribution in [1.29, 1.82) is 0 Å². The number of ketones is 2. The van der Waals surface area contributed by atoms with Crippen molar-refractivity contribution in [2.45, 2.75) is 11.8 Å². The van der Waals surface area contributed by atoms with Crippen LogP contribution in [0.5, 0.6) is 0 Å². The molecule has 2 aromatic rings. The Balaban J connectivity index is 1.61. The maximum atomic E-state index is 13.3. The van der Waals surface area contributed by atoms with Gasteiger partial charge in [0.05, 0.1) is 9.81 Å². The Labute approximate surface area is 182 Å². The Morgan fingerprint density at radius 2 is 1.04 bits per heavy atom. The Morgan fingerprint density at radius 1 is 0.643 bits per heavy atom. The molecule has 4 atom stereocenters. The van der Waals surface area contributed by atoms with Crippen molar-refractivity contribution in [3.63, 3.8) is 0 Å². The van der Waals surface area contributed by atoms with E-state index in [4.69, 9.17) is 23.2 Å². The predicted octanol–water partition coefficient (Wildman–Crippen LogP) is 5.95. The van der Waals surface area contributed by atoms with Crippen molar-refractivity contribution in [2.75, 3.05) is 11.5 Å². The van der Waals surface area contributed by atoms with Gasteiger partial charge in [-0.25, -0.2) is 0 Å². The van der Waals surface area contributed by atoms with Gasteiger partial charge in [-0.2, -0.15) is 0 Å².